The van der Waals surface area contributed by atoms with Gasteiger partial charge in [-0.2, -0.15) is 19.8 Å². The van der Waals surface area contributed by atoms with Crippen molar-refractivity contribution in [3.05, 3.63) is 5.92 Å². The van der Waals surface area contributed by atoms with Crippen LogP contribution < -0.4 is 0 Å². The van der Waals surface area contributed by atoms with E-state index < -0.39 is 0 Å². The minimum absolute atomic E-state index is 0. The second kappa shape index (κ2) is 5.03. The molecule has 0 fully saturated rings. The van der Waals surface area contributed by atoms with Crippen LogP contribution in [0.25, 0.3) is 0 Å². The molecule has 0 aromatic heterocycles. The first kappa shape index (κ1) is 10.8. The maximum absolute atomic E-state index is 2.20. The van der Waals surface area contributed by atoms with Gasteiger partial charge in [0, 0.05) is 26.2 Å². The molecule has 0 atom stereocenters. The van der Waals surface area contributed by atoms with Gasteiger partial charge in [0.2, 0.25) is 0 Å². The topological polar surface area (TPSA) is 0 Å². The normalized spacial score (nSPS) is 9.43. The largest absolute Gasteiger partial charge is 0.317 e. The van der Waals surface area contributed by atoms with E-state index in [9.17, 15) is 0 Å². The Bertz CT molecular complexity index is 25.2. The van der Waals surface area contributed by atoms with Gasteiger partial charge in [0.25, 0.3) is 0 Å². The van der Waals surface area contributed by atoms with E-state index >= 15 is 0 Å². The predicted octanol–water partition coefficient (Wildman–Crippen LogP) is 2.25. The van der Waals surface area contributed by atoms with Crippen LogP contribution in [0.1, 0.15) is 27.7 Å². The molecule has 0 radical (unpaired) electrons. The van der Waals surface area contributed by atoms with Crippen molar-refractivity contribution < 1.29 is 26.2 Å². The summed E-state index contributed by atoms with van der Waals surface area (Å²) in [7, 11) is 0. The Hall–Kier alpha value is 0.883. The monoisotopic (exact) mass is 175 g/mol. The summed E-state index contributed by atoms with van der Waals surface area (Å²) in [5.41, 5.74) is 0. The summed E-state index contributed by atoms with van der Waals surface area (Å²) in [6.45, 7) is 8.72. The predicted molar refractivity (Wildman–Crippen MR) is 29.4 cm³/mol. The summed E-state index contributed by atoms with van der Waals surface area (Å²) in [5.74, 6) is 2.28. The standard InChI is InChI=1S/C6H13.Zr/c1-5(2)6(3)4;/h5H,1-4H3;/q-1;. The van der Waals surface area contributed by atoms with E-state index in [2.05, 4.69) is 27.7 Å². The Labute approximate surface area is 65.8 Å². The summed E-state index contributed by atoms with van der Waals surface area (Å²) >= 11 is 0. The molecule has 1 heteroatoms. The molecule has 0 aromatic rings. The molecule has 0 nitrogen and oxygen atoms in total. The molecule has 0 aliphatic heterocycles. The smallest absolute Gasteiger partial charge is 0 e. The van der Waals surface area contributed by atoms with Crippen molar-refractivity contribution in [2.75, 3.05) is 0 Å². The van der Waals surface area contributed by atoms with Gasteiger partial charge in [-0.1, -0.05) is 13.8 Å². The third-order valence-electron chi connectivity index (χ3n) is 1.15. The van der Waals surface area contributed by atoms with Gasteiger partial charge >= 0.3 is 0 Å². The summed E-state index contributed by atoms with van der Waals surface area (Å²) in [6, 6.07) is 0. The van der Waals surface area contributed by atoms with Gasteiger partial charge in [0.05, 0.1) is 0 Å². The zero-order valence-electron chi connectivity index (χ0n) is 5.58. The molecule has 0 aliphatic rings. The average Bonchev–Trinajstić information content (AvgIpc) is 1.36. The first-order valence-corrected chi connectivity index (χ1v) is 2.44. The average molecular weight is 176 g/mol. The molecular formula is C6H13Zr-. The van der Waals surface area contributed by atoms with E-state index in [1.54, 1.807) is 0 Å². The third-order valence-corrected chi connectivity index (χ3v) is 1.15. The minimum atomic E-state index is 0. The molecule has 0 heterocycles. The van der Waals surface area contributed by atoms with Crippen molar-refractivity contribution in [2.45, 2.75) is 27.7 Å². The fourth-order valence-corrected chi connectivity index (χ4v) is 0. The molecule has 0 saturated heterocycles. The second-order valence-corrected chi connectivity index (χ2v) is 2.23. The first-order valence-electron chi connectivity index (χ1n) is 2.44. The van der Waals surface area contributed by atoms with Crippen LogP contribution in [0.4, 0.5) is 0 Å². The van der Waals surface area contributed by atoms with E-state index in [1.165, 1.54) is 5.92 Å². The van der Waals surface area contributed by atoms with Crippen molar-refractivity contribution in [1.29, 1.82) is 0 Å². The van der Waals surface area contributed by atoms with Crippen LogP contribution in [0, 0.1) is 11.8 Å². The Morgan fingerprint density at radius 3 is 1.29 bits per heavy atom. The summed E-state index contributed by atoms with van der Waals surface area (Å²) < 4.78 is 0. The van der Waals surface area contributed by atoms with Crippen molar-refractivity contribution in [2.24, 2.45) is 5.92 Å². The Balaban J connectivity index is 0. The van der Waals surface area contributed by atoms with Gasteiger partial charge in [-0.25, -0.2) is 0 Å². The fourth-order valence-electron chi connectivity index (χ4n) is 0. The maximum Gasteiger partial charge on any atom is 0 e. The molecule has 7 heavy (non-hydrogen) atoms. The zero-order valence-corrected chi connectivity index (χ0v) is 8.04. The molecule has 0 aromatic carbocycles. The van der Waals surface area contributed by atoms with Gasteiger partial charge in [-0.15, -0.1) is 0 Å². The van der Waals surface area contributed by atoms with Crippen molar-refractivity contribution in [3.8, 4) is 0 Å². The molecule has 0 N–H and O–H groups in total. The van der Waals surface area contributed by atoms with E-state index in [1.807, 2.05) is 0 Å². The second-order valence-electron chi connectivity index (χ2n) is 2.23. The Morgan fingerprint density at radius 1 is 1.14 bits per heavy atom. The van der Waals surface area contributed by atoms with E-state index in [-0.39, 0.29) is 26.2 Å². The maximum atomic E-state index is 2.20. The minimum Gasteiger partial charge on any atom is -0.317 e. The van der Waals surface area contributed by atoms with Gasteiger partial charge in [0.1, 0.15) is 0 Å². The molecule has 0 saturated carbocycles. The van der Waals surface area contributed by atoms with Gasteiger partial charge in [-0.05, 0) is 0 Å². The van der Waals surface area contributed by atoms with Crippen LogP contribution >= 0.6 is 0 Å². The molecule has 0 spiro atoms. The van der Waals surface area contributed by atoms with Crippen LogP contribution in [0.2, 0.25) is 0 Å². The Kier molecular flexibility index (Phi) is 7.75. The quantitative estimate of drug-likeness (QED) is 0.538. The first-order chi connectivity index (χ1) is 2.64. The summed E-state index contributed by atoms with van der Waals surface area (Å²) in [4.78, 5) is 0. The third kappa shape index (κ3) is 6.88. The number of rotatable bonds is 1. The van der Waals surface area contributed by atoms with E-state index in [0.717, 1.165) is 5.92 Å². The SMILES string of the molecule is C[C-](C)C(C)C.[Zr]. The molecule has 42 valence electrons. The van der Waals surface area contributed by atoms with Crippen LogP contribution in [0.3, 0.4) is 0 Å². The van der Waals surface area contributed by atoms with Crippen molar-refractivity contribution in [3.63, 3.8) is 0 Å². The van der Waals surface area contributed by atoms with Crippen molar-refractivity contribution >= 4 is 0 Å². The molecule has 0 amide bonds. The van der Waals surface area contributed by atoms with Crippen molar-refractivity contribution in [1.82, 2.24) is 0 Å². The molecule has 0 aliphatic carbocycles. The fraction of sp³-hybridized carbons (Fsp3) is 0.833. The van der Waals surface area contributed by atoms with E-state index in [4.69, 9.17) is 0 Å². The van der Waals surface area contributed by atoms with Crippen LogP contribution in [0.5, 0.6) is 0 Å². The zero-order chi connectivity index (χ0) is 5.15. The van der Waals surface area contributed by atoms with Crippen LogP contribution in [-0.4, -0.2) is 0 Å². The van der Waals surface area contributed by atoms with Crippen LogP contribution in [0.15, 0.2) is 0 Å². The van der Waals surface area contributed by atoms with E-state index in [0.29, 0.717) is 0 Å². The molecule has 0 bridgehead atoms. The number of hydrogen-bond donors (Lipinski definition) is 0. The van der Waals surface area contributed by atoms with Gasteiger partial charge < -0.3 is 5.92 Å². The van der Waals surface area contributed by atoms with Crippen LogP contribution in [-0.2, 0) is 26.2 Å². The molecule has 0 unspecified atom stereocenters. The summed E-state index contributed by atoms with van der Waals surface area (Å²) in [6.07, 6.45) is 0. The number of hydrogen-bond acceptors (Lipinski definition) is 0. The van der Waals surface area contributed by atoms with Gasteiger partial charge in [0.15, 0.2) is 0 Å². The molecule has 0 rings (SSSR count). The van der Waals surface area contributed by atoms with Gasteiger partial charge in [-0.3, -0.25) is 0 Å². The summed E-state index contributed by atoms with van der Waals surface area (Å²) in [5, 5.41) is 0. The Morgan fingerprint density at radius 2 is 1.29 bits per heavy atom. The molecular weight excluding hydrogens is 163 g/mol.